The largest absolute Gasteiger partial charge is 0.332 e. The van der Waals surface area contributed by atoms with Crippen molar-refractivity contribution in [1.82, 2.24) is 14.7 Å². The lowest BCUT2D eigenvalue weighted by Crippen LogP contribution is -2.40. The van der Waals surface area contributed by atoms with E-state index in [1.54, 1.807) is 6.20 Å². The van der Waals surface area contributed by atoms with Crippen molar-refractivity contribution in [2.24, 2.45) is 5.73 Å². The van der Waals surface area contributed by atoms with Crippen molar-refractivity contribution in [1.29, 1.82) is 0 Å². The Morgan fingerprint density at radius 2 is 1.86 bits per heavy atom. The number of carbonyl (C=O) groups excluding carboxylic acids is 1. The maximum absolute atomic E-state index is 13.4. The highest BCUT2D eigenvalue weighted by molar-refractivity contribution is 5.98. The lowest BCUT2D eigenvalue weighted by molar-refractivity contribution is 0.0706. The first-order chi connectivity index (χ1) is 14.2. The molecule has 0 saturated carbocycles. The zero-order chi connectivity index (χ0) is 19.8. The van der Waals surface area contributed by atoms with Crippen LogP contribution in [-0.4, -0.2) is 27.1 Å². The van der Waals surface area contributed by atoms with Crippen LogP contribution >= 0.6 is 0 Å². The fraction of sp³-hybridized carbons (Fsp3) is 0.167. The van der Waals surface area contributed by atoms with Crippen LogP contribution in [0.4, 0.5) is 0 Å². The molecule has 29 heavy (non-hydrogen) atoms. The van der Waals surface area contributed by atoms with Gasteiger partial charge in [0.1, 0.15) is 0 Å². The molecule has 0 spiro atoms. The number of nitrogens with two attached hydrogens (primary N) is 1. The van der Waals surface area contributed by atoms with Gasteiger partial charge in [-0.1, -0.05) is 42.5 Å². The van der Waals surface area contributed by atoms with Gasteiger partial charge >= 0.3 is 0 Å². The highest BCUT2D eigenvalue weighted by Gasteiger charge is 2.29. The van der Waals surface area contributed by atoms with E-state index in [4.69, 9.17) is 5.73 Å². The Labute approximate surface area is 169 Å². The molecule has 1 amide bonds. The molecular weight excluding hydrogens is 360 g/mol. The van der Waals surface area contributed by atoms with Crippen molar-refractivity contribution in [3.63, 3.8) is 0 Å². The smallest absolute Gasteiger partial charge is 0.254 e. The van der Waals surface area contributed by atoms with Gasteiger partial charge < -0.3 is 10.6 Å². The van der Waals surface area contributed by atoms with Crippen LogP contribution < -0.4 is 5.73 Å². The van der Waals surface area contributed by atoms with Gasteiger partial charge in [-0.05, 0) is 51.7 Å². The van der Waals surface area contributed by atoms with Crippen LogP contribution in [0.3, 0.4) is 0 Å². The molecule has 5 rings (SSSR count). The summed E-state index contributed by atoms with van der Waals surface area (Å²) in [5, 5.41) is 6.58. The zero-order valence-electron chi connectivity index (χ0n) is 16.0. The van der Waals surface area contributed by atoms with Gasteiger partial charge in [0.25, 0.3) is 5.91 Å². The van der Waals surface area contributed by atoms with E-state index in [1.165, 1.54) is 11.1 Å². The molecule has 1 aromatic heterocycles. The number of hydrogen-bond donors (Lipinski definition) is 1. The second kappa shape index (κ2) is 7.18. The number of amides is 1. The van der Waals surface area contributed by atoms with Gasteiger partial charge in [-0.2, -0.15) is 5.10 Å². The molecule has 1 unspecified atom stereocenters. The molecule has 3 aromatic carbocycles. The fourth-order valence-corrected chi connectivity index (χ4v) is 4.16. The molecule has 1 aliphatic heterocycles. The predicted octanol–water partition coefficient (Wildman–Crippen LogP) is 3.74. The number of rotatable bonds is 3. The second-order valence-corrected chi connectivity index (χ2v) is 7.49. The van der Waals surface area contributed by atoms with Crippen LogP contribution in [0.1, 0.15) is 33.1 Å². The van der Waals surface area contributed by atoms with E-state index in [0.717, 1.165) is 16.3 Å². The van der Waals surface area contributed by atoms with Gasteiger partial charge in [0.05, 0.1) is 6.04 Å². The molecule has 2 heterocycles. The molecule has 4 aromatic rings. The summed E-state index contributed by atoms with van der Waals surface area (Å²) in [5.74, 6) is 0.0430. The summed E-state index contributed by atoms with van der Waals surface area (Å²) in [4.78, 5) is 15.3. The average Bonchev–Trinajstić information content (AvgIpc) is 3.32. The van der Waals surface area contributed by atoms with E-state index < -0.39 is 0 Å². The Morgan fingerprint density at radius 3 is 2.69 bits per heavy atom. The normalized spacial score (nSPS) is 16.0. The van der Waals surface area contributed by atoms with Crippen molar-refractivity contribution >= 4 is 16.7 Å². The summed E-state index contributed by atoms with van der Waals surface area (Å²) >= 11 is 0. The maximum atomic E-state index is 13.4. The van der Waals surface area contributed by atoms with Crippen LogP contribution in [-0.2, 0) is 13.1 Å². The summed E-state index contributed by atoms with van der Waals surface area (Å²) in [5.41, 5.74) is 9.93. The van der Waals surface area contributed by atoms with E-state index in [2.05, 4.69) is 23.3 Å². The summed E-state index contributed by atoms with van der Waals surface area (Å²) < 4.78 is 1.94. The molecule has 2 N–H and O–H groups in total. The second-order valence-electron chi connectivity index (χ2n) is 7.49. The molecule has 1 atom stereocenters. The summed E-state index contributed by atoms with van der Waals surface area (Å²) in [7, 11) is 0. The van der Waals surface area contributed by atoms with Gasteiger partial charge in [-0.3, -0.25) is 9.48 Å². The molecule has 144 valence electrons. The number of nitrogens with zero attached hydrogens (tertiary/aromatic N) is 3. The van der Waals surface area contributed by atoms with Crippen LogP contribution in [0.25, 0.3) is 10.8 Å². The lowest BCUT2D eigenvalue weighted by atomic mass is 9.94. The van der Waals surface area contributed by atoms with Crippen molar-refractivity contribution in [3.8, 4) is 0 Å². The first-order valence-electron chi connectivity index (χ1n) is 9.82. The molecule has 1 aliphatic rings. The Morgan fingerprint density at radius 1 is 1.03 bits per heavy atom. The minimum Gasteiger partial charge on any atom is -0.332 e. The lowest BCUT2D eigenvalue weighted by Gasteiger charge is -2.35. The molecule has 0 bridgehead atoms. The highest BCUT2D eigenvalue weighted by Crippen LogP contribution is 2.30. The molecule has 0 fully saturated rings. The molecule has 0 radical (unpaired) electrons. The topological polar surface area (TPSA) is 64.2 Å². The number of fused-ring (bicyclic) bond motifs is 2. The van der Waals surface area contributed by atoms with Gasteiger partial charge in [0.2, 0.25) is 0 Å². The monoisotopic (exact) mass is 382 g/mol. The Kier molecular flexibility index (Phi) is 4.37. The number of aromatic nitrogens is 2. The minimum absolute atomic E-state index is 0.0199. The fourth-order valence-electron chi connectivity index (χ4n) is 4.16. The van der Waals surface area contributed by atoms with Gasteiger partial charge in [-0.15, -0.1) is 0 Å². The third kappa shape index (κ3) is 3.19. The maximum Gasteiger partial charge on any atom is 0.254 e. The highest BCUT2D eigenvalue weighted by atomic mass is 16.2. The molecule has 0 aliphatic carbocycles. The summed E-state index contributed by atoms with van der Waals surface area (Å²) in [6.07, 6.45) is 3.74. The van der Waals surface area contributed by atoms with Crippen LogP contribution in [0.15, 0.2) is 79.1 Å². The minimum atomic E-state index is 0.0199. The zero-order valence-corrected chi connectivity index (χ0v) is 16.0. The standard InChI is InChI=1S/C24H22N4O/c25-14-17-6-7-19-13-20(9-8-18(19)12-17)24(29)27-15-21-4-1-2-5-22(21)23(16-27)28-11-3-10-26-28/h1-13,23H,14-16,25H2. The third-order valence-electron chi connectivity index (χ3n) is 5.69. The Balaban J connectivity index is 1.49. The van der Waals surface area contributed by atoms with Gasteiger partial charge in [0.15, 0.2) is 0 Å². The number of carbonyl (C=O) groups is 1. The SMILES string of the molecule is NCc1ccc2cc(C(=O)N3Cc4ccccc4C(n4cccn4)C3)ccc2c1. The first-order valence-corrected chi connectivity index (χ1v) is 9.82. The number of benzene rings is 3. The predicted molar refractivity (Wildman–Crippen MR) is 113 cm³/mol. The van der Waals surface area contributed by atoms with E-state index in [1.807, 2.05) is 64.3 Å². The Bertz CT molecular complexity index is 1180. The summed E-state index contributed by atoms with van der Waals surface area (Å²) in [6.45, 7) is 1.72. The van der Waals surface area contributed by atoms with E-state index in [-0.39, 0.29) is 11.9 Å². The van der Waals surface area contributed by atoms with Crippen molar-refractivity contribution in [3.05, 3.63) is 101 Å². The third-order valence-corrected chi connectivity index (χ3v) is 5.69. The molecule has 0 saturated heterocycles. The van der Waals surface area contributed by atoms with E-state index in [9.17, 15) is 4.79 Å². The van der Waals surface area contributed by atoms with Crippen LogP contribution in [0, 0.1) is 0 Å². The Hall–Kier alpha value is -3.44. The number of hydrogen-bond acceptors (Lipinski definition) is 3. The van der Waals surface area contributed by atoms with E-state index >= 15 is 0 Å². The molecule has 5 heteroatoms. The van der Waals surface area contributed by atoms with E-state index in [0.29, 0.717) is 25.2 Å². The molecular formula is C24H22N4O. The van der Waals surface area contributed by atoms with Gasteiger partial charge in [0, 0.05) is 37.6 Å². The van der Waals surface area contributed by atoms with Crippen LogP contribution in [0.2, 0.25) is 0 Å². The average molecular weight is 382 g/mol. The quantitative estimate of drug-likeness (QED) is 0.587. The van der Waals surface area contributed by atoms with Crippen molar-refractivity contribution in [2.75, 3.05) is 6.54 Å². The van der Waals surface area contributed by atoms with Crippen molar-refractivity contribution < 1.29 is 4.79 Å². The van der Waals surface area contributed by atoms with Gasteiger partial charge in [-0.25, -0.2) is 0 Å². The molecule has 5 nitrogen and oxygen atoms in total. The summed E-state index contributed by atoms with van der Waals surface area (Å²) in [6, 6.07) is 22.3. The van der Waals surface area contributed by atoms with Crippen LogP contribution in [0.5, 0.6) is 0 Å². The first kappa shape index (κ1) is 17.6. The van der Waals surface area contributed by atoms with Crippen molar-refractivity contribution in [2.45, 2.75) is 19.1 Å².